The van der Waals surface area contributed by atoms with Gasteiger partial charge < -0.3 is 18.9 Å². The lowest BCUT2D eigenvalue weighted by Gasteiger charge is -2.11. The van der Waals surface area contributed by atoms with Crippen LogP contribution in [0.15, 0.2) is 78.9 Å². The number of hydrogen-bond acceptors (Lipinski definition) is 5. The van der Waals surface area contributed by atoms with Crippen molar-refractivity contribution in [2.45, 2.75) is 6.61 Å². The highest BCUT2D eigenvalue weighted by Crippen LogP contribution is 2.26. The Morgan fingerprint density at radius 3 is 2.30 bits per heavy atom. The molecule has 3 rings (SSSR count). The molecule has 0 amide bonds. The molecule has 0 aliphatic heterocycles. The van der Waals surface area contributed by atoms with E-state index in [-0.39, 0.29) is 13.2 Å². The number of methoxy groups -OCH3 is 1. The molecule has 0 aliphatic rings. The lowest BCUT2D eigenvalue weighted by molar-refractivity contribution is -0.147. The number of benzene rings is 3. The first-order valence-corrected chi connectivity index (χ1v) is 8.48. The smallest absolute Gasteiger partial charge is 0.344 e. The lowest BCUT2D eigenvalue weighted by Crippen LogP contribution is -2.15. The average Bonchev–Trinajstić information content (AvgIpc) is 2.72. The van der Waals surface area contributed by atoms with Crippen LogP contribution in [0.4, 0.5) is 0 Å². The van der Waals surface area contributed by atoms with Crippen molar-refractivity contribution >= 4 is 5.97 Å². The van der Waals surface area contributed by atoms with E-state index in [1.54, 1.807) is 25.3 Å². The first-order valence-electron chi connectivity index (χ1n) is 8.48. The molecule has 0 saturated heterocycles. The minimum Gasteiger partial charge on any atom is -0.493 e. The normalized spacial score (nSPS) is 10.1. The fraction of sp³-hybridized carbons (Fsp3) is 0.136. The van der Waals surface area contributed by atoms with Crippen molar-refractivity contribution in [3.63, 3.8) is 0 Å². The molecule has 0 unspecified atom stereocenters. The molecule has 0 radical (unpaired) electrons. The van der Waals surface area contributed by atoms with Crippen LogP contribution in [-0.4, -0.2) is 19.7 Å². The molecular formula is C22H20O5. The maximum absolute atomic E-state index is 11.9. The molecule has 3 aromatic carbocycles. The summed E-state index contributed by atoms with van der Waals surface area (Å²) < 4.78 is 21.7. The Bertz CT molecular complexity index is 877. The molecule has 138 valence electrons. The third kappa shape index (κ3) is 5.51. The second-order valence-corrected chi connectivity index (χ2v) is 5.66. The van der Waals surface area contributed by atoms with E-state index in [4.69, 9.17) is 18.9 Å². The molecule has 0 aliphatic carbocycles. The standard InChI is InChI=1S/C22H20O5/c1-24-20-12-5-6-13-21(20)25-16-22(23)26-15-17-8-7-11-19(14-17)27-18-9-3-2-4-10-18/h2-14H,15-16H2,1H3. The summed E-state index contributed by atoms with van der Waals surface area (Å²) in [6.07, 6.45) is 0. The largest absolute Gasteiger partial charge is 0.493 e. The van der Waals surface area contributed by atoms with Gasteiger partial charge in [0.2, 0.25) is 0 Å². The van der Waals surface area contributed by atoms with Gasteiger partial charge in [-0.1, -0.05) is 42.5 Å². The van der Waals surface area contributed by atoms with Crippen LogP contribution in [-0.2, 0) is 16.1 Å². The van der Waals surface area contributed by atoms with Gasteiger partial charge in [0.25, 0.3) is 0 Å². The molecule has 3 aromatic rings. The third-order valence-electron chi connectivity index (χ3n) is 3.69. The van der Waals surface area contributed by atoms with Gasteiger partial charge in [-0.05, 0) is 42.0 Å². The van der Waals surface area contributed by atoms with Gasteiger partial charge in [0.1, 0.15) is 18.1 Å². The van der Waals surface area contributed by atoms with Crippen molar-refractivity contribution in [1.82, 2.24) is 0 Å². The Labute approximate surface area is 158 Å². The van der Waals surface area contributed by atoms with Crippen LogP contribution >= 0.6 is 0 Å². The van der Waals surface area contributed by atoms with E-state index in [9.17, 15) is 4.79 Å². The number of hydrogen-bond donors (Lipinski definition) is 0. The zero-order valence-corrected chi connectivity index (χ0v) is 15.0. The van der Waals surface area contributed by atoms with E-state index in [0.29, 0.717) is 17.2 Å². The Kier molecular flexibility index (Phi) is 6.30. The number of esters is 1. The van der Waals surface area contributed by atoms with Crippen molar-refractivity contribution in [3.05, 3.63) is 84.4 Å². The summed E-state index contributed by atoms with van der Waals surface area (Å²) in [6, 6.07) is 24.0. The van der Waals surface area contributed by atoms with E-state index in [2.05, 4.69) is 0 Å². The van der Waals surface area contributed by atoms with Gasteiger partial charge in [-0.25, -0.2) is 4.79 Å². The molecule has 0 N–H and O–H groups in total. The van der Waals surface area contributed by atoms with E-state index < -0.39 is 5.97 Å². The summed E-state index contributed by atoms with van der Waals surface area (Å²) >= 11 is 0. The molecule has 0 heterocycles. The van der Waals surface area contributed by atoms with Crippen molar-refractivity contribution in [2.24, 2.45) is 0 Å². The summed E-state index contributed by atoms with van der Waals surface area (Å²) in [5.74, 6) is 2.03. The number of carbonyl (C=O) groups is 1. The topological polar surface area (TPSA) is 54.0 Å². The van der Waals surface area contributed by atoms with E-state index in [0.717, 1.165) is 11.3 Å². The number of para-hydroxylation sites is 3. The second kappa shape index (κ2) is 9.29. The van der Waals surface area contributed by atoms with Gasteiger partial charge in [-0.2, -0.15) is 0 Å². The molecule has 0 atom stereocenters. The molecule has 0 saturated carbocycles. The quantitative estimate of drug-likeness (QED) is 0.546. The van der Waals surface area contributed by atoms with Gasteiger partial charge in [0.15, 0.2) is 18.1 Å². The zero-order valence-electron chi connectivity index (χ0n) is 15.0. The van der Waals surface area contributed by atoms with E-state index in [1.165, 1.54) is 0 Å². The zero-order chi connectivity index (χ0) is 18.9. The van der Waals surface area contributed by atoms with Crippen molar-refractivity contribution in [2.75, 3.05) is 13.7 Å². The molecule has 0 fully saturated rings. The van der Waals surface area contributed by atoms with Gasteiger partial charge in [-0.3, -0.25) is 0 Å². The van der Waals surface area contributed by atoms with Crippen LogP contribution in [0.25, 0.3) is 0 Å². The summed E-state index contributed by atoms with van der Waals surface area (Å²) in [7, 11) is 1.55. The Morgan fingerprint density at radius 1 is 0.815 bits per heavy atom. The lowest BCUT2D eigenvalue weighted by atomic mass is 10.2. The molecule has 0 spiro atoms. The highest BCUT2D eigenvalue weighted by atomic mass is 16.6. The van der Waals surface area contributed by atoms with Crippen LogP contribution in [0.5, 0.6) is 23.0 Å². The van der Waals surface area contributed by atoms with Gasteiger partial charge >= 0.3 is 5.97 Å². The first kappa shape index (κ1) is 18.3. The summed E-state index contributed by atoms with van der Waals surface area (Å²) in [4.78, 5) is 11.9. The summed E-state index contributed by atoms with van der Waals surface area (Å²) in [5.41, 5.74) is 0.828. The number of rotatable bonds is 8. The second-order valence-electron chi connectivity index (χ2n) is 5.66. The van der Waals surface area contributed by atoms with Gasteiger partial charge in [0, 0.05) is 0 Å². The number of ether oxygens (including phenoxy) is 4. The highest BCUT2D eigenvalue weighted by molar-refractivity contribution is 5.71. The molecule has 27 heavy (non-hydrogen) atoms. The predicted molar refractivity (Wildman–Crippen MR) is 101 cm³/mol. The van der Waals surface area contributed by atoms with E-state index >= 15 is 0 Å². The fourth-order valence-electron chi connectivity index (χ4n) is 2.40. The predicted octanol–water partition coefficient (Wildman–Crippen LogP) is 4.61. The highest BCUT2D eigenvalue weighted by Gasteiger charge is 2.08. The first-order chi connectivity index (χ1) is 13.2. The van der Waals surface area contributed by atoms with Gasteiger partial charge in [-0.15, -0.1) is 0 Å². The van der Waals surface area contributed by atoms with Gasteiger partial charge in [0.05, 0.1) is 7.11 Å². The minimum atomic E-state index is -0.463. The SMILES string of the molecule is COc1ccccc1OCC(=O)OCc1cccc(Oc2ccccc2)c1. The molecule has 5 heteroatoms. The monoisotopic (exact) mass is 364 g/mol. The minimum absolute atomic E-state index is 0.139. The van der Waals surface area contributed by atoms with Crippen LogP contribution < -0.4 is 14.2 Å². The summed E-state index contributed by atoms with van der Waals surface area (Å²) in [5, 5.41) is 0. The average molecular weight is 364 g/mol. The molecule has 0 bridgehead atoms. The van der Waals surface area contributed by atoms with Crippen LogP contribution in [0.3, 0.4) is 0 Å². The molecular weight excluding hydrogens is 344 g/mol. The van der Waals surface area contributed by atoms with Crippen LogP contribution in [0, 0.1) is 0 Å². The third-order valence-corrected chi connectivity index (χ3v) is 3.69. The van der Waals surface area contributed by atoms with Crippen molar-refractivity contribution in [3.8, 4) is 23.0 Å². The molecule has 5 nitrogen and oxygen atoms in total. The Hall–Kier alpha value is -3.47. The van der Waals surface area contributed by atoms with E-state index in [1.807, 2.05) is 60.7 Å². The van der Waals surface area contributed by atoms with Crippen molar-refractivity contribution in [1.29, 1.82) is 0 Å². The Morgan fingerprint density at radius 2 is 1.52 bits per heavy atom. The molecule has 0 aromatic heterocycles. The van der Waals surface area contributed by atoms with Crippen LogP contribution in [0.2, 0.25) is 0 Å². The fourth-order valence-corrected chi connectivity index (χ4v) is 2.40. The summed E-state index contributed by atoms with van der Waals surface area (Å²) in [6.45, 7) is -0.0549. The van der Waals surface area contributed by atoms with Crippen molar-refractivity contribution < 1.29 is 23.7 Å². The maximum Gasteiger partial charge on any atom is 0.344 e. The number of carbonyl (C=O) groups excluding carboxylic acids is 1. The maximum atomic E-state index is 11.9. The Balaban J connectivity index is 1.51. The van der Waals surface area contributed by atoms with Crippen LogP contribution in [0.1, 0.15) is 5.56 Å².